The van der Waals surface area contributed by atoms with Crippen LogP contribution in [0.25, 0.3) is 10.6 Å². The van der Waals surface area contributed by atoms with Gasteiger partial charge in [-0.3, -0.25) is 9.59 Å². The number of nitrogens with one attached hydrogen (secondary N) is 1. The minimum absolute atomic E-state index is 0.0234. The molecule has 0 unspecified atom stereocenters. The number of rotatable bonds is 4. The van der Waals surface area contributed by atoms with Crippen LogP contribution in [0.2, 0.25) is 0 Å². The highest BCUT2D eigenvalue weighted by Gasteiger charge is 2.35. The van der Waals surface area contributed by atoms with Gasteiger partial charge < -0.3 is 10.2 Å². The molecule has 1 aliphatic heterocycles. The largest absolute Gasteiger partial charge is 0.312 e. The highest BCUT2D eigenvalue weighted by molar-refractivity contribution is 7.16. The van der Waals surface area contributed by atoms with Crippen LogP contribution in [0.15, 0.2) is 53.2 Å². The molecule has 0 radical (unpaired) electrons. The van der Waals surface area contributed by atoms with E-state index in [0.29, 0.717) is 11.7 Å². The number of anilines is 2. The van der Waals surface area contributed by atoms with Crippen LogP contribution in [0.1, 0.15) is 6.42 Å². The van der Waals surface area contributed by atoms with Crippen molar-refractivity contribution in [3.63, 3.8) is 0 Å². The number of hydrogen-bond donors (Lipinski definition) is 1. The summed E-state index contributed by atoms with van der Waals surface area (Å²) in [4.78, 5) is 31.9. The van der Waals surface area contributed by atoms with Gasteiger partial charge in [-0.25, -0.2) is 4.98 Å². The van der Waals surface area contributed by atoms with Crippen molar-refractivity contribution >= 4 is 45.3 Å². The van der Waals surface area contributed by atoms with Crippen molar-refractivity contribution in [1.82, 2.24) is 4.98 Å². The van der Waals surface area contributed by atoms with Gasteiger partial charge in [-0.05, 0) is 23.6 Å². The lowest BCUT2D eigenvalue weighted by Gasteiger charge is -2.16. The van der Waals surface area contributed by atoms with Gasteiger partial charge in [-0.15, -0.1) is 22.7 Å². The minimum atomic E-state index is -0.359. The molecule has 1 saturated heterocycles. The fraction of sp³-hybridized carbons (Fsp3) is 0.167. The summed E-state index contributed by atoms with van der Waals surface area (Å²) in [6, 6.07) is 13.4. The van der Waals surface area contributed by atoms with E-state index in [-0.39, 0.29) is 24.2 Å². The zero-order valence-corrected chi connectivity index (χ0v) is 14.8. The Kier molecular flexibility index (Phi) is 4.33. The number of para-hydroxylation sites is 1. The summed E-state index contributed by atoms with van der Waals surface area (Å²) in [7, 11) is 0. The van der Waals surface area contributed by atoms with Gasteiger partial charge in [0, 0.05) is 24.0 Å². The first-order chi connectivity index (χ1) is 12.2. The molecule has 0 aliphatic carbocycles. The minimum Gasteiger partial charge on any atom is -0.312 e. The van der Waals surface area contributed by atoms with E-state index in [9.17, 15) is 9.59 Å². The smallest absolute Gasteiger partial charge is 0.231 e. The van der Waals surface area contributed by atoms with Crippen LogP contribution in [0.5, 0.6) is 0 Å². The van der Waals surface area contributed by atoms with Gasteiger partial charge in [0.05, 0.1) is 16.5 Å². The molecule has 0 bridgehead atoms. The van der Waals surface area contributed by atoms with E-state index < -0.39 is 0 Å². The van der Waals surface area contributed by atoms with Gasteiger partial charge in [0.2, 0.25) is 11.8 Å². The van der Waals surface area contributed by atoms with Crippen molar-refractivity contribution in [2.24, 2.45) is 5.92 Å². The molecular weight excluding hydrogens is 354 g/mol. The van der Waals surface area contributed by atoms with Crippen LogP contribution in [-0.2, 0) is 9.59 Å². The Morgan fingerprint density at radius 2 is 2.00 bits per heavy atom. The van der Waals surface area contributed by atoms with Crippen molar-refractivity contribution in [3.05, 3.63) is 53.2 Å². The number of carbonyl (C=O) groups excluding carboxylic acids is 2. The molecule has 1 aromatic carbocycles. The standard InChI is InChI=1S/C18H15N3O2S2/c22-16-9-12(10-21(16)13-5-2-1-3-6-13)17(23)20-18-19-14(11-25-18)15-7-4-8-24-15/h1-8,11-12H,9-10H2,(H,19,20,23)/t12-/m1/s1. The Hall–Kier alpha value is -2.51. The van der Waals surface area contributed by atoms with Gasteiger partial charge >= 0.3 is 0 Å². The lowest BCUT2D eigenvalue weighted by molar-refractivity contribution is -0.122. The third-order valence-corrected chi connectivity index (χ3v) is 5.72. The normalized spacial score (nSPS) is 17.0. The second kappa shape index (κ2) is 6.78. The van der Waals surface area contributed by atoms with Gasteiger partial charge in [0.15, 0.2) is 5.13 Å². The van der Waals surface area contributed by atoms with Gasteiger partial charge in [-0.1, -0.05) is 24.3 Å². The number of thiophene rings is 1. The maximum atomic E-state index is 12.5. The number of hydrogen-bond acceptors (Lipinski definition) is 5. The summed E-state index contributed by atoms with van der Waals surface area (Å²) < 4.78 is 0. The summed E-state index contributed by atoms with van der Waals surface area (Å²) in [5.41, 5.74) is 1.70. The summed E-state index contributed by atoms with van der Waals surface area (Å²) in [5.74, 6) is -0.537. The lowest BCUT2D eigenvalue weighted by Crippen LogP contribution is -2.28. The SMILES string of the molecule is O=C(Nc1nc(-c2cccs2)cs1)[C@@H]1CC(=O)N(c2ccccc2)C1. The number of thiazole rings is 1. The van der Waals surface area contributed by atoms with Gasteiger partial charge in [0.1, 0.15) is 0 Å². The van der Waals surface area contributed by atoms with E-state index in [1.165, 1.54) is 11.3 Å². The van der Waals surface area contributed by atoms with Crippen LogP contribution in [0, 0.1) is 5.92 Å². The molecule has 25 heavy (non-hydrogen) atoms. The molecule has 0 spiro atoms. The van der Waals surface area contributed by atoms with E-state index in [0.717, 1.165) is 16.3 Å². The van der Waals surface area contributed by atoms with Crippen LogP contribution < -0.4 is 10.2 Å². The quantitative estimate of drug-likeness (QED) is 0.759. The van der Waals surface area contributed by atoms with Crippen molar-refractivity contribution in [3.8, 4) is 10.6 Å². The number of benzene rings is 1. The van der Waals surface area contributed by atoms with E-state index in [1.54, 1.807) is 16.2 Å². The molecule has 3 aromatic rings. The zero-order chi connectivity index (χ0) is 17.2. The molecule has 5 nitrogen and oxygen atoms in total. The van der Waals surface area contributed by atoms with Crippen molar-refractivity contribution < 1.29 is 9.59 Å². The van der Waals surface area contributed by atoms with Gasteiger partial charge in [0.25, 0.3) is 0 Å². The second-order valence-corrected chi connectivity index (χ2v) is 7.55. The molecule has 3 heterocycles. The van der Waals surface area contributed by atoms with Crippen molar-refractivity contribution in [2.75, 3.05) is 16.8 Å². The topological polar surface area (TPSA) is 62.3 Å². The maximum Gasteiger partial charge on any atom is 0.231 e. The Morgan fingerprint density at radius 3 is 2.76 bits per heavy atom. The second-order valence-electron chi connectivity index (χ2n) is 5.75. The Balaban J connectivity index is 1.43. The van der Waals surface area contributed by atoms with Crippen LogP contribution in [-0.4, -0.2) is 23.3 Å². The Bertz CT molecular complexity index is 890. The average molecular weight is 369 g/mol. The third-order valence-electron chi connectivity index (χ3n) is 4.07. The first kappa shape index (κ1) is 16.0. The van der Waals surface area contributed by atoms with E-state index >= 15 is 0 Å². The monoisotopic (exact) mass is 369 g/mol. The van der Waals surface area contributed by atoms with Gasteiger partial charge in [-0.2, -0.15) is 0 Å². The predicted molar refractivity (Wildman–Crippen MR) is 101 cm³/mol. The number of aromatic nitrogens is 1. The van der Waals surface area contributed by atoms with Crippen molar-refractivity contribution in [2.45, 2.75) is 6.42 Å². The molecule has 7 heteroatoms. The number of amides is 2. The molecule has 2 aromatic heterocycles. The fourth-order valence-corrected chi connectivity index (χ4v) is 4.29. The molecule has 1 fully saturated rings. The van der Waals surface area contributed by atoms with E-state index in [2.05, 4.69) is 10.3 Å². The Labute approximate surface area is 152 Å². The van der Waals surface area contributed by atoms with Crippen LogP contribution >= 0.6 is 22.7 Å². The van der Waals surface area contributed by atoms with Crippen LogP contribution in [0.4, 0.5) is 10.8 Å². The molecule has 2 amide bonds. The molecule has 1 atom stereocenters. The molecule has 126 valence electrons. The maximum absolute atomic E-state index is 12.5. The summed E-state index contributed by atoms with van der Waals surface area (Å²) in [6.45, 7) is 0.401. The third kappa shape index (κ3) is 3.33. The Morgan fingerprint density at radius 1 is 1.16 bits per heavy atom. The number of carbonyl (C=O) groups is 2. The molecular formula is C18H15N3O2S2. The molecule has 4 rings (SSSR count). The highest BCUT2D eigenvalue weighted by atomic mass is 32.1. The lowest BCUT2D eigenvalue weighted by atomic mass is 10.1. The first-order valence-corrected chi connectivity index (χ1v) is 9.62. The van der Waals surface area contributed by atoms with Crippen LogP contribution in [0.3, 0.4) is 0 Å². The van der Waals surface area contributed by atoms with Crippen molar-refractivity contribution in [1.29, 1.82) is 0 Å². The molecule has 0 saturated carbocycles. The molecule has 1 N–H and O–H groups in total. The molecule has 1 aliphatic rings. The summed E-state index contributed by atoms with van der Waals surface area (Å²) in [5, 5.41) is 7.34. The zero-order valence-electron chi connectivity index (χ0n) is 13.2. The highest BCUT2D eigenvalue weighted by Crippen LogP contribution is 2.30. The fourth-order valence-electron chi connectivity index (χ4n) is 2.82. The predicted octanol–water partition coefficient (Wildman–Crippen LogP) is 3.86. The average Bonchev–Trinajstić information content (AvgIpc) is 3.35. The first-order valence-electron chi connectivity index (χ1n) is 7.86. The van der Waals surface area contributed by atoms with E-state index in [4.69, 9.17) is 0 Å². The van der Waals surface area contributed by atoms with E-state index in [1.807, 2.05) is 53.2 Å². The summed E-state index contributed by atoms with van der Waals surface area (Å²) >= 11 is 3.01. The number of nitrogens with zero attached hydrogens (tertiary/aromatic N) is 2. The summed E-state index contributed by atoms with van der Waals surface area (Å²) in [6.07, 6.45) is 0.226.